The summed E-state index contributed by atoms with van der Waals surface area (Å²) in [4.78, 5) is 21.7. The summed E-state index contributed by atoms with van der Waals surface area (Å²) in [6.07, 6.45) is 6.22. The van der Waals surface area contributed by atoms with Crippen LogP contribution in [-0.2, 0) is 9.47 Å². The molecule has 1 spiro atoms. The summed E-state index contributed by atoms with van der Waals surface area (Å²) in [5.41, 5.74) is 1.35. The van der Waals surface area contributed by atoms with Gasteiger partial charge in [-0.2, -0.15) is 0 Å². The third-order valence-electron chi connectivity index (χ3n) is 7.63. The van der Waals surface area contributed by atoms with Crippen LogP contribution in [0.2, 0.25) is 0 Å². The van der Waals surface area contributed by atoms with Gasteiger partial charge in [-0.05, 0) is 62.4 Å². The Hall–Kier alpha value is -3.83. The molecule has 9 nitrogen and oxygen atoms in total. The standard InChI is InChI=1S/C30H32F2N4O5/c31-23-7-4-19-16-26(23)39-13-3-1-2-12-38-25-17-21(35-29-33-18-24(32)27(19)36-29)5-6-22(25)28(37)34-20-8-10-30(11-9-20)40-14-15-41-30/h4-7,16-18,20H,1-3,8-15H2,(H,34,37)(H,33,35,36). The van der Waals surface area contributed by atoms with Crippen molar-refractivity contribution in [2.24, 2.45) is 0 Å². The number of fused-ring (bicyclic) bond motifs is 7. The molecule has 0 unspecified atom stereocenters. The van der Waals surface area contributed by atoms with Gasteiger partial charge in [0.05, 0.1) is 38.2 Å². The Balaban J connectivity index is 1.23. The van der Waals surface area contributed by atoms with E-state index < -0.39 is 17.4 Å². The van der Waals surface area contributed by atoms with Gasteiger partial charge in [0.25, 0.3) is 5.91 Å². The Morgan fingerprint density at radius 2 is 1.66 bits per heavy atom. The number of carbonyl (C=O) groups is 1. The summed E-state index contributed by atoms with van der Waals surface area (Å²) < 4.78 is 52.4. The van der Waals surface area contributed by atoms with E-state index in [1.807, 2.05) is 0 Å². The largest absolute Gasteiger partial charge is 0.493 e. The predicted octanol–water partition coefficient (Wildman–Crippen LogP) is 5.52. The summed E-state index contributed by atoms with van der Waals surface area (Å²) in [6.45, 7) is 1.90. The van der Waals surface area contributed by atoms with Crippen molar-refractivity contribution in [3.05, 3.63) is 59.8 Å². The molecule has 3 heterocycles. The monoisotopic (exact) mass is 566 g/mol. The maximum absolute atomic E-state index is 14.7. The van der Waals surface area contributed by atoms with Crippen molar-refractivity contribution in [3.8, 4) is 22.8 Å². The van der Waals surface area contributed by atoms with Crippen LogP contribution in [0.5, 0.6) is 11.5 Å². The lowest BCUT2D eigenvalue weighted by Crippen LogP contribution is -2.44. The molecule has 41 heavy (non-hydrogen) atoms. The van der Waals surface area contributed by atoms with E-state index in [-0.39, 0.29) is 29.3 Å². The second-order valence-corrected chi connectivity index (χ2v) is 10.5. The number of ether oxygens (including phenoxy) is 4. The molecule has 3 aromatic rings. The van der Waals surface area contributed by atoms with Crippen LogP contribution in [0.4, 0.5) is 20.4 Å². The molecule has 11 heteroatoms. The van der Waals surface area contributed by atoms with Gasteiger partial charge in [-0.3, -0.25) is 4.79 Å². The average Bonchev–Trinajstić information content (AvgIpc) is 3.43. The van der Waals surface area contributed by atoms with E-state index in [2.05, 4.69) is 20.6 Å². The summed E-state index contributed by atoms with van der Waals surface area (Å²) in [7, 11) is 0. The topological polar surface area (TPSA) is 104 Å². The van der Waals surface area contributed by atoms with Crippen LogP contribution in [0.25, 0.3) is 11.3 Å². The van der Waals surface area contributed by atoms with Crippen molar-refractivity contribution in [1.29, 1.82) is 0 Å². The highest BCUT2D eigenvalue weighted by Crippen LogP contribution is 2.36. The summed E-state index contributed by atoms with van der Waals surface area (Å²) in [5, 5.41) is 6.21. The van der Waals surface area contributed by atoms with Gasteiger partial charge in [0.1, 0.15) is 11.4 Å². The first-order valence-electron chi connectivity index (χ1n) is 14.1. The number of amides is 1. The minimum absolute atomic E-state index is 0.00630. The first kappa shape index (κ1) is 27.3. The zero-order valence-corrected chi connectivity index (χ0v) is 22.6. The molecule has 2 N–H and O–H groups in total. The lowest BCUT2D eigenvalue weighted by Gasteiger charge is -2.35. The number of benzene rings is 2. The Morgan fingerprint density at radius 1 is 0.902 bits per heavy atom. The van der Waals surface area contributed by atoms with E-state index in [9.17, 15) is 13.6 Å². The fourth-order valence-corrected chi connectivity index (χ4v) is 5.42. The van der Waals surface area contributed by atoms with Crippen LogP contribution >= 0.6 is 0 Å². The van der Waals surface area contributed by atoms with Crippen LogP contribution < -0.4 is 20.1 Å². The SMILES string of the molecule is O=C(NC1CCC2(CC1)OCCO2)c1ccc2cc1OCCCCCOc1cc(ccc1F)-c1nc(ncc1F)N2. The third kappa shape index (κ3) is 6.25. The summed E-state index contributed by atoms with van der Waals surface area (Å²) in [6, 6.07) is 9.27. The molecular weight excluding hydrogens is 534 g/mol. The van der Waals surface area contributed by atoms with Gasteiger partial charge in [-0.1, -0.05) is 0 Å². The number of carbonyl (C=O) groups excluding carboxylic acids is 1. The maximum atomic E-state index is 14.7. The molecule has 0 radical (unpaired) electrons. The Labute approximate surface area is 236 Å². The smallest absolute Gasteiger partial charge is 0.255 e. The van der Waals surface area contributed by atoms with E-state index in [4.69, 9.17) is 18.9 Å². The lowest BCUT2D eigenvalue weighted by molar-refractivity contribution is -0.179. The molecule has 1 aromatic heterocycles. The number of anilines is 2. The van der Waals surface area contributed by atoms with Crippen LogP contribution in [0.1, 0.15) is 55.3 Å². The molecular formula is C30H32F2N4O5. The number of hydrogen-bond acceptors (Lipinski definition) is 8. The maximum Gasteiger partial charge on any atom is 0.255 e. The second-order valence-electron chi connectivity index (χ2n) is 10.5. The van der Waals surface area contributed by atoms with E-state index in [0.717, 1.165) is 38.3 Å². The molecule has 1 aliphatic carbocycles. The third-order valence-corrected chi connectivity index (χ3v) is 7.63. The first-order valence-corrected chi connectivity index (χ1v) is 14.1. The van der Waals surface area contributed by atoms with Gasteiger partial charge in [-0.25, -0.2) is 18.7 Å². The highest BCUT2D eigenvalue weighted by Gasteiger charge is 2.40. The molecule has 6 rings (SSSR count). The Kier molecular flexibility index (Phi) is 7.97. The molecule has 2 aliphatic heterocycles. The molecule has 216 valence electrons. The number of rotatable bonds is 2. The Morgan fingerprint density at radius 3 is 2.44 bits per heavy atom. The van der Waals surface area contributed by atoms with E-state index in [1.165, 1.54) is 18.2 Å². The molecule has 6 bridgehead atoms. The highest BCUT2D eigenvalue weighted by atomic mass is 19.1. The van der Waals surface area contributed by atoms with Gasteiger partial charge >= 0.3 is 0 Å². The van der Waals surface area contributed by atoms with Crippen molar-refractivity contribution in [1.82, 2.24) is 15.3 Å². The zero-order chi connectivity index (χ0) is 28.2. The number of aromatic nitrogens is 2. The average molecular weight is 567 g/mol. The predicted molar refractivity (Wildman–Crippen MR) is 146 cm³/mol. The molecule has 0 atom stereocenters. The summed E-state index contributed by atoms with van der Waals surface area (Å²) in [5.74, 6) is -1.31. The number of hydrogen-bond donors (Lipinski definition) is 2. The molecule has 3 aliphatic rings. The van der Waals surface area contributed by atoms with Crippen LogP contribution in [0.15, 0.2) is 42.6 Å². The summed E-state index contributed by atoms with van der Waals surface area (Å²) >= 11 is 0. The minimum Gasteiger partial charge on any atom is -0.493 e. The molecule has 1 saturated heterocycles. The quantitative estimate of drug-likeness (QED) is 0.418. The van der Waals surface area contributed by atoms with Crippen LogP contribution in [0.3, 0.4) is 0 Å². The molecule has 1 saturated carbocycles. The van der Waals surface area contributed by atoms with E-state index >= 15 is 0 Å². The highest BCUT2D eigenvalue weighted by molar-refractivity contribution is 5.97. The molecule has 2 aromatic carbocycles. The van der Waals surface area contributed by atoms with Crippen molar-refractivity contribution in [2.75, 3.05) is 31.7 Å². The van der Waals surface area contributed by atoms with Gasteiger partial charge in [-0.15, -0.1) is 0 Å². The van der Waals surface area contributed by atoms with Crippen LogP contribution in [-0.4, -0.2) is 54.1 Å². The van der Waals surface area contributed by atoms with E-state index in [1.54, 1.807) is 18.2 Å². The number of nitrogens with zero attached hydrogens (tertiary/aromatic N) is 2. The van der Waals surface area contributed by atoms with Crippen molar-refractivity contribution >= 4 is 17.5 Å². The van der Waals surface area contributed by atoms with Gasteiger partial charge < -0.3 is 29.6 Å². The van der Waals surface area contributed by atoms with E-state index in [0.29, 0.717) is 61.8 Å². The van der Waals surface area contributed by atoms with Crippen molar-refractivity contribution < 1.29 is 32.5 Å². The van der Waals surface area contributed by atoms with Crippen molar-refractivity contribution in [2.45, 2.75) is 56.8 Å². The fraction of sp³-hybridized carbons (Fsp3) is 0.433. The second kappa shape index (κ2) is 12.0. The molecule has 2 fully saturated rings. The number of nitrogens with one attached hydrogen (secondary N) is 2. The fourth-order valence-electron chi connectivity index (χ4n) is 5.42. The van der Waals surface area contributed by atoms with Gasteiger partial charge in [0.2, 0.25) is 5.95 Å². The van der Waals surface area contributed by atoms with Crippen molar-refractivity contribution in [3.63, 3.8) is 0 Å². The normalized spacial score (nSPS) is 19.0. The lowest BCUT2D eigenvalue weighted by atomic mass is 9.90. The van der Waals surface area contributed by atoms with Gasteiger partial charge in [0, 0.05) is 36.2 Å². The molecule has 1 amide bonds. The van der Waals surface area contributed by atoms with Gasteiger partial charge in [0.15, 0.2) is 23.2 Å². The first-order chi connectivity index (χ1) is 20.0. The number of halogens is 2. The minimum atomic E-state index is -0.651. The van der Waals surface area contributed by atoms with Crippen LogP contribution in [0, 0.1) is 11.6 Å². The Bertz CT molecular complexity index is 1410. The zero-order valence-electron chi connectivity index (χ0n) is 22.6.